The number of aliphatic carboxylic acids is 1. The summed E-state index contributed by atoms with van der Waals surface area (Å²) in [7, 11) is 2.94. The quantitative estimate of drug-likeness (QED) is 0.428. The molecule has 4 rings (SSSR count). The molecule has 9 heteroatoms. The topological polar surface area (TPSA) is 97.4 Å². The molecule has 1 unspecified atom stereocenters. The molecule has 8 nitrogen and oxygen atoms in total. The van der Waals surface area contributed by atoms with E-state index in [1.807, 2.05) is 30.3 Å². The van der Waals surface area contributed by atoms with Gasteiger partial charge in [-0.1, -0.05) is 66.7 Å². The second kappa shape index (κ2) is 12.5. The number of carbonyl (C=O) groups is 2. The summed E-state index contributed by atoms with van der Waals surface area (Å²) in [6.07, 6.45) is -3.37. The molecule has 0 spiro atoms. The van der Waals surface area contributed by atoms with E-state index in [2.05, 4.69) is 0 Å². The Kier molecular flexibility index (Phi) is 9.73. The summed E-state index contributed by atoms with van der Waals surface area (Å²) >= 11 is 0. The largest absolute Gasteiger partial charge is 1.00 e. The van der Waals surface area contributed by atoms with E-state index in [1.165, 1.54) is 19.1 Å². The van der Waals surface area contributed by atoms with Crippen LogP contribution in [0.5, 0.6) is 11.5 Å². The van der Waals surface area contributed by atoms with Crippen LogP contribution < -0.4 is 66.0 Å². The number of carbonyl (C=O) groups excluding carboxylic acids is 2. The third kappa shape index (κ3) is 5.88. The SMILES string of the molecule is COc1cccc(OC)c1C1O[C@@H](C(=O)[O-])[C@H](c2ccccc2)N1C(=O)OCc1ccccc1.[K+]. The van der Waals surface area contributed by atoms with Crippen molar-refractivity contribution >= 4 is 12.1 Å². The number of rotatable bonds is 7. The zero-order chi connectivity index (χ0) is 24.1. The summed E-state index contributed by atoms with van der Waals surface area (Å²) in [6, 6.07) is 22.0. The first-order chi connectivity index (χ1) is 16.5. The van der Waals surface area contributed by atoms with Crippen LogP contribution >= 0.6 is 0 Å². The number of ether oxygens (including phenoxy) is 4. The third-order valence-electron chi connectivity index (χ3n) is 5.62. The summed E-state index contributed by atoms with van der Waals surface area (Å²) in [5, 5.41) is 12.1. The predicted molar refractivity (Wildman–Crippen MR) is 120 cm³/mol. The number of carboxylic acid groups (broad SMARTS) is 1. The summed E-state index contributed by atoms with van der Waals surface area (Å²) < 4.78 is 22.5. The molecular formula is C26H24KNO7. The number of hydrogen-bond acceptors (Lipinski definition) is 7. The van der Waals surface area contributed by atoms with E-state index in [0.29, 0.717) is 22.6 Å². The van der Waals surface area contributed by atoms with Gasteiger partial charge in [-0.3, -0.25) is 4.90 Å². The van der Waals surface area contributed by atoms with Crippen molar-refractivity contribution in [3.8, 4) is 11.5 Å². The van der Waals surface area contributed by atoms with Crippen molar-refractivity contribution in [2.75, 3.05) is 14.2 Å². The normalized spacial score (nSPS) is 18.9. The van der Waals surface area contributed by atoms with E-state index in [-0.39, 0.29) is 58.0 Å². The van der Waals surface area contributed by atoms with Gasteiger partial charge in [-0.2, -0.15) is 0 Å². The minimum atomic E-state index is -1.45. The zero-order valence-electron chi connectivity index (χ0n) is 19.7. The van der Waals surface area contributed by atoms with Crippen molar-refractivity contribution in [3.63, 3.8) is 0 Å². The molecule has 3 atom stereocenters. The zero-order valence-corrected chi connectivity index (χ0v) is 22.9. The smallest absolute Gasteiger partial charge is 0.547 e. The van der Waals surface area contributed by atoms with E-state index in [0.717, 1.165) is 5.56 Å². The van der Waals surface area contributed by atoms with Gasteiger partial charge in [0.05, 0.1) is 31.8 Å². The maximum atomic E-state index is 13.5. The Balaban J connectivity index is 0.00000342. The maximum absolute atomic E-state index is 13.5. The maximum Gasteiger partial charge on any atom is 1.00 e. The van der Waals surface area contributed by atoms with Crippen LogP contribution in [0, 0.1) is 0 Å². The van der Waals surface area contributed by atoms with Crippen LogP contribution in [0.1, 0.15) is 29.0 Å². The van der Waals surface area contributed by atoms with Gasteiger partial charge in [-0.05, 0) is 23.3 Å². The first-order valence-corrected chi connectivity index (χ1v) is 10.7. The summed E-state index contributed by atoms with van der Waals surface area (Å²) in [5.41, 5.74) is 1.72. The van der Waals surface area contributed by atoms with Gasteiger partial charge in [0.2, 0.25) is 0 Å². The van der Waals surface area contributed by atoms with Crippen molar-refractivity contribution < 1.29 is 85.0 Å². The molecule has 1 amide bonds. The molecule has 1 aliphatic heterocycles. The second-order valence-electron chi connectivity index (χ2n) is 7.61. The van der Waals surface area contributed by atoms with Crippen LogP contribution in [-0.4, -0.2) is 37.3 Å². The van der Waals surface area contributed by atoms with Crippen molar-refractivity contribution in [1.29, 1.82) is 0 Å². The predicted octanol–water partition coefficient (Wildman–Crippen LogP) is 0.235. The summed E-state index contributed by atoms with van der Waals surface area (Å²) in [5.74, 6) is -0.710. The Hall–Kier alpha value is -2.40. The van der Waals surface area contributed by atoms with Crippen LogP contribution in [0.25, 0.3) is 0 Å². The van der Waals surface area contributed by atoms with E-state index in [1.54, 1.807) is 48.5 Å². The van der Waals surface area contributed by atoms with Crippen molar-refractivity contribution in [2.24, 2.45) is 0 Å². The summed E-state index contributed by atoms with van der Waals surface area (Å²) in [6.45, 7) is 0.00342. The van der Waals surface area contributed by atoms with Crippen molar-refractivity contribution in [3.05, 3.63) is 95.6 Å². The molecular weight excluding hydrogens is 477 g/mol. The molecule has 1 heterocycles. The molecule has 35 heavy (non-hydrogen) atoms. The van der Waals surface area contributed by atoms with Gasteiger partial charge < -0.3 is 28.8 Å². The molecule has 0 radical (unpaired) electrons. The van der Waals surface area contributed by atoms with Crippen LogP contribution in [-0.2, 0) is 20.9 Å². The Labute approximate surface area is 246 Å². The molecule has 1 saturated heterocycles. The Morgan fingerprint density at radius 2 is 1.46 bits per heavy atom. The molecule has 3 aromatic carbocycles. The molecule has 0 aromatic heterocycles. The van der Waals surface area contributed by atoms with E-state index < -0.39 is 30.4 Å². The van der Waals surface area contributed by atoms with Gasteiger partial charge in [0.1, 0.15) is 24.2 Å². The molecule has 3 aromatic rings. The van der Waals surface area contributed by atoms with E-state index in [9.17, 15) is 14.7 Å². The average molecular weight is 502 g/mol. The van der Waals surface area contributed by atoms with Crippen LogP contribution in [0.15, 0.2) is 78.9 Å². The number of amides is 1. The van der Waals surface area contributed by atoms with Gasteiger partial charge in [0, 0.05) is 0 Å². The first kappa shape index (κ1) is 27.2. The van der Waals surface area contributed by atoms with Gasteiger partial charge in [-0.25, -0.2) is 4.79 Å². The molecule has 0 saturated carbocycles. The monoisotopic (exact) mass is 501 g/mol. The van der Waals surface area contributed by atoms with Crippen LogP contribution in [0.2, 0.25) is 0 Å². The molecule has 0 N–H and O–H groups in total. The number of benzene rings is 3. The molecule has 0 aliphatic carbocycles. The minimum absolute atomic E-state index is 0. The van der Waals surface area contributed by atoms with Crippen molar-refractivity contribution in [1.82, 2.24) is 4.90 Å². The number of methoxy groups -OCH3 is 2. The Morgan fingerprint density at radius 3 is 2.00 bits per heavy atom. The number of carboxylic acids is 1. The molecule has 1 fully saturated rings. The van der Waals surface area contributed by atoms with Gasteiger partial charge in [0.25, 0.3) is 0 Å². The number of nitrogens with zero attached hydrogens (tertiary/aromatic N) is 1. The van der Waals surface area contributed by atoms with Crippen LogP contribution in [0.4, 0.5) is 4.79 Å². The fourth-order valence-corrected chi connectivity index (χ4v) is 4.07. The molecule has 0 bridgehead atoms. The Morgan fingerprint density at radius 1 is 0.886 bits per heavy atom. The Bertz CT molecular complexity index is 1120. The standard InChI is InChI=1S/C26H25NO7.K/c1-31-19-14-9-15-20(32-2)21(19)24-27(26(30)33-16-17-10-5-3-6-11-17)22(23(34-24)25(28)29)18-12-7-4-8-13-18;/h3-15,22-24H,16H2,1-2H3,(H,28,29);/q;+1/p-1/t22-,23+,24?;/m0./s1. The van der Waals surface area contributed by atoms with Gasteiger partial charge >= 0.3 is 57.5 Å². The van der Waals surface area contributed by atoms with Gasteiger partial charge in [-0.15, -0.1) is 0 Å². The fraction of sp³-hybridized carbons (Fsp3) is 0.231. The second-order valence-corrected chi connectivity index (χ2v) is 7.61. The van der Waals surface area contributed by atoms with E-state index >= 15 is 0 Å². The molecule has 176 valence electrons. The number of hydrogen-bond donors (Lipinski definition) is 0. The van der Waals surface area contributed by atoms with Crippen molar-refractivity contribution in [2.45, 2.75) is 25.0 Å². The molecule has 1 aliphatic rings. The average Bonchev–Trinajstić information content (AvgIpc) is 3.28. The third-order valence-corrected chi connectivity index (χ3v) is 5.62. The first-order valence-electron chi connectivity index (χ1n) is 10.7. The minimum Gasteiger partial charge on any atom is -0.547 e. The fourth-order valence-electron chi connectivity index (χ4n) is 4.07. The summed E-state index contributed by atoms with van der Waals surface area (Å²) in [4.78, 5) is 26.9. The van der Waals surface area contributed by atoms with Gasteiger partial charge in [0.15, 0.2) is 6.23 Å². The van der Waals surface area contributed by atoms with E-state index in [4.69, 9.17) is 18.9 Å². The van der Waals surface area contributed by atoms with Crippen LogP contribution in [0.3, 0.4) is 0 Å².